The van der Waals surface area contributed by atoms with Gasteiger partial charge in [-0.2, -0.15) is 0 Å². The first-order valence-electron chi connectivity index (χ1n) is 11.9. The van der Waals surface area contributed by atoms with E-state index in [1.54, 1.807) is 0 Å². The minimum absolute atomic E-state index is 0.140. The number of aromatic nitrogens is 1. The summed E-state index contributed by atoms with van der Waals surface area (Å²) in [5.41, 5.74) is 8.92. The molecule has 4 heteroatoms. The van der Waals surface area contributed by atoms with Crippen LogP contribution in [0.5, 0.6) is 11.6 Å². The first-order chi connectivity index (χ1) is 15.9. The lowest BCUT2D eigenvalue weighted by Gasteiger charge is -2.37. The Kier molecular flexibility index (Phi) is 5.88. The van der Waals surface area contributed by atoms with Crippen LogP contribution in [0, 0.1) is 25.2 Å². The normalized spacial score (nSPS) is 18.5. The molecule has 1 fully saturated rings. The van der Waals surface area contributed by atoms with Crippen LogP contribution in [-0.2, 0) is 24.2 Å². The molecular formula is C29H33NO3. The Morgan fingerprint density at radius 1 is 1.00 bits per heavy atom. The van der Waals surface area contributed by atoms with Crippen molar-refractivity contribution in [3.8, 4) is 22.8 Å². The van der Waals surface area contributed by atoms with E-state index >= 15 is 0 Å². The van der Waals surface area contributed by atoms with E-state index in [0.29, 0.717) is 25.0 Å². The smallest absolute Gasteiger partial charge is 0.213 e. The Labute approximate surface area is 196 Å². The summed E-state index contributed by atoms with van der Waals surface area (Å²) in [5, 5.41) is 0. The summed E-state index contributed by atoms with van der Waals surface area (Å²) in [5.74, 6) is 2.35. The van der Waals surface area contributed by atoms with Crippen molar-refractivity contribution in [2.75, 3.05) is 19.8 Å². The summed E-state index contributed by atoms with van der Waals surface area (Å²) >= 11 is 0. The second kappa shape index (κ2) is 8.83. The van der Waals surface area contributed by atoms with E-state index in [9.17, 15) is 0 Å². The monoisotopic (exact) mass is 443 g/mol. The van der Waals surface area contributed by atoms with Crippen LogP contribution in [0.4, 0.5) is 0 Å². The SMILES string of the molecule is Cc1cc(OCC2(C)COC2)cc(C)c1-c1cccc(COc2cc3c(cn2)CC(C)C3)c1. The average molecular weight is 444 g/mol. The standard InChI is InChI=1S/C29H33NO3/c1-19-8-24-13-27(30-14-25(24)9-19)32-15-22-6-5-7-23(12-22)28-20(2)10-26(11-21(28)3)33-18-29(4)16-31-17-29/h5-7,10-14,19H,8-9,15-18H2,1-4H3. The lowest BCUT2D eigenvalue weighted by atomic mass is 9.90. The second-order valence-corrected chi connectivity index (χ2v) is 10.3. The van der Waals surface area contributed by atoms with Crippen LogP contribution in [0.3, 0.4) is 0 Å². The Balaban J connectivity index is 1.29. The highest BCUT2D eigenvalue weighted by Crippen LogP contribution is 2.34. The van der Waals surface area contributed by atoms with Gasteiger partial charge in [0.25, 0.3) is 0 Å². The van der Waals surface area contributed by atoms with Crippen LogP contribution >= 0.6 is 0 Å². The zero-order chi connectivity index (χ0) is 23.0. The van der Waals surface area contributed by atoms with Gasteiger partial charge < -0.3 is 14.2 Å². The van der Waals surface area contributed by atoms with Crippen LogP contribution < -0.4 is 9.47 Å². The molecule has 0 amide bonds. The van der Waals surface area contributed by atoms with E-state index in [1.165, 1.54) is 33.4 Å². The van der Waals surface area contributed by atoms with Crippen LogP contribution in [-0.4, -0.2) is 24.8 Å². The fraction of sp³-hybridized carbons (Fsp3) is 0.414. The molecule has 3 aromatic rings. The maximum Gasteiger partial charge on any atom is 0.213 e. The molecule has 0 radical (unpaired) electrons. The van der Waals surface area contributed by atoms with Crippen molar-refractivity contribution < 1.29 is 14.2 Å². The zero-order valence-corrected chi connectivity index (χ0v) is 20.1. The molecule has 5 rings (SSSR count). The van der Waals surface area contributed by atoms with E-state index in [2.05, 4.69) is 75.1 Å². The fourth-order valence-electron chi connectivity index (χ4n) is 5.01. The third-order valence-corrected chi connectivity index (χ3v) is 6.79. The molecule has 0 bridgehead atoms. The fourth-order valence-corrected chi connectivity index (χ4v) is 5.01. The molecular weight excluding hydrogens is 410 g/mol. The molecule has 2 heterocycles. The maximum absolute atomic E-state index is 6.11. The lowest BCUT2D eigenvalue weighted by molar-refractivity contribution is -0.120. The molecule has 2 aliphatic rings. The minimum Gasteiger partial charge on any atom is -0.493 e. The topological polar surface area (TPSA) is 40.6 Å². The molecule has 0 N–H and O–H groups in total. The molecule has 0 saturated carbocycles. The van der Waals surface area contributed by atoms with Gasteiger partial charge in [-0.15, -0.1) is 0 Å². The van der Waals surface area contributed by atoms with Gasteiger partial charge in [0, 0.05) is 17.7 Å². The number of hydrogen-bond acceptors (Lipinski definition) is 4. The zero-order valence-electron chi connectivity index (χ0n) is 20.1. The molecule has 2 aromatic carbocycles. The summed E-state index contributed by atoms with van der Waals surface area (Å²) in [6, 6.07) is 15.0. The summed E-state index contributed by atoms with van der Waals surface area (Å²) < 4.78 is 17.5. The molecule has 1 aliphatic heterocycles. The van der Waals surface area contributed by atoms with Crippen molar-refractivity contribution in [2.24, 2.45) is 11.3 Å². The van der Waals surface area contributed by atoms with Crippen LogP contribution in [0.25, 0.3) is 11.1 Å². The molecule has 4 nitrogen and oxygen atoms in total. The predicted octanol–water partition coefficient (Wildman–Crippen LogP) is 6.09. The third-order valence-electron chi connectivity index (χ3n) is 6.79. The van der Waals surface area contributed by atoms with Gasteiger partial charge in [0.05, 0.1) is 19.8 Å². The average Bonchev–Trinajstić information content (AvgIpc) is 3.14. The third kappa shape index (κ3) is 4.77. The molecule has 33 heavy (non-hydrogen) atoms. The number of nitrogens with zero attached hydrogens (tertiary/aromatic N) is 1. The first-order valence-corrected chi connectivity index (χ1v) is 11.9. The van der Waals surface area contributed by atoms with Gasteiger partial charge >= 0.3 is 0 Å². The Morgan fingerprint density at radius 3 is 2.48 bits per heavy atom. The number of rotatable bonds is 7. The van der Waals surface area contributed by atoms with Gasteiger partial charge in [-0.1, -0.05) is 32.0 Å². The van der Waals surface area contributed by atoms with Gasteiger partial charge in [0.1, 0.15) is 12.4 Å². The molecule has 1 saturated heterocycles. The number of ether oxygens (including phenoxy) is 3. The molecule has 1 atom stereocenters. The summed E-state index contributed by atoms with van der Waals surface area (Å²) in [6.07, 6.45) is 4.23. The quantitative estimate of drug-likeness (QED) is 0.443. The molecule has 0 spiro atoms. The van der Waals surface area contributed by atoms with E-state index in [4.69, 9.17) is 14.2 Å². The van der Waals surface area contributed by atoms with Crippen molar-refractivity contribution in [3.63, 3.8) is 0 Å². The van der Waals surface area contributed by atoms with Gasteiger partial charge in [-0.3, -0.25) is 0 Å². The van der Waals surface area contributed by atoms with Crippen molar-refractivity contribution in [1.29, 1.82) is 0 Å². The number of pyridine rings is 1. The molecule has 172 valence electrons. The largest absolute Gasteiger partial charge is 0.493 e. The van der Waals surface area contributed by atoms with E-state index < -0.39 is 0 Å². The number of aryl methyl sites for hydroxylation is 2. The molecule has 1 aromatic heterocycles. The molecule has 1 unspecified atom stereocenters. The van der Waals surface area contributed by atoms with Crippen LogP contribution in [0.15, 0.2) is 48.7 Å². The van der Waals surface area contributed by atoms with Gasteiger partial charge in [-0.25, -0.2) is 4.98 Å². The van der Waals surface area contributed by atoms with Gasteiger partial charge in [-0.05, 0) is 89.8 Å². The van der Waals surface area contributed by atoms with Crippen LogP contribution in [0.2, 0.25) is 0 Å². The Bertz CT molecular complexity index is 1140. The minimum atomic E-state index is 0.140. The maximum atomic E-state index is 6.11. The lowest BCUT2D eigenvalue weighted by Crippen LogP contribution is -2.44. The van der Waals surface area contributed by atoms with Gasteiger partial charge in [0.15, 0.2) is 0 Å². The van der Waals surface area contributed by atoms with Crippen molar-refractivity contribution in [1.82, 2.24) is 4.98 Å². The van der Waals surface area contributed by atoms with E-state index in [0.717, 1.165) is 37.4 Å². The summed E-state index contributed by atoms with van der Waals surface area (Å²) in [4.78, 5) is 4.52. The summed E-state index contributed by atoms with van der Waals surface area (Å²) in [7, 11) is 0. The van der Waals surface area contributed by atoms with Gasteiger partial charge in [0.2, 0.25) is 5.88 Å². The first kappa shape index (κ1) is 22.0. The van der Waals surface area contributed by atoms with E-state index in [-0.39, 0.29) is 5.41 Å². The highest BCUT2D eigenvalue weighted by molar-refractivity contribution is 5.72. The Morgan fingerprint density at radius 2 is 1.76 bits per heavy atom. The molecule has 1 aliphatic carbocycles. The van der Waals surface area contributed by atoms with Crippen LogP contribution in [0.1, 0.15) is 41.7 Å². The number of benzene rings is 2. The van der Waals surface area contributed by atoms with Crippen molar-refractivity contribution in [3.05, 3.63) is 76.5 Å². The second-order valence-electron chi connectivity index (χ2n) is 10.3. The number of fused-ring (bicyclic) bond motifs is 1. The number of hydrogen-bond donors (Lipinski definition) is 0. The van der Waals surface area contributed by atoms with E-state index in [1.807, 2.05) is 6.20 Å². The highest BCUT2D eigenvalue weighted by Gasteiger charge is 2.34. The Hall–Kier alpha value is -2.85. The van der Waals surface area contributed by atoms with Crippen molar-refractivity contribution >= 4 is 0 Å². The summed E-state index contributed by atoms with van der Waals surface area (Å²) in [6.45, 7) is 11.6. The van der Waals surface area contributed by atoms with Crippen molar-refractivity contribution in [2.45, 2.75) is 47.1 Å². The predicted molar refractivity (Wildman–Crippen MR) is 131 cm³/mol. The highest BCUT2D eigenvalue weighted by atomic mass is 16.5.